The van der Waals surface area contributed by atoms with Crippen molar-refractivity contribution in [3.05, 3.63) is 51.0 Å². The Kier molecular flexibility index (Phi) is 2.72. The molecule has 2 aromatic heterocycles. The lowest BCUT2D eigenvalue weighted by Gasteiger charge is -2.09. The Hall–Kier alpha value is -2.41. The number of fused-ring (bicyclic) bond motifs is 3. The van der Waals surface area contributed by atoms with Crippen molar-refractivity contribution in [2.45, 2.75) is 0 Å². The van der Waals surface area contributed by atoms with Crippen molar-refractivity contribution in [2.24, 2.45) is 0 Å². The molecule has 0 atom stereocenters. The molecule has 6 nitrogen and oxygen atoms in total. The second-order valence-corrected chi connectivity index (χ2v) is 5.07. The van der Waals surface area contributed by atoms with Gasteiger partial charge >= 0.3 is 5.97 Å². The zero-order chi connectivity index (χ0) is 14.4. The number of rotatable bonds is 1. The van der Waals surface area contributed by atoms with E-state index in [0.29, 0.717) is 16.7 Å². The lowest BCUT2D eigenvalue weighted by molar-refractivity contribution is 0.0694. The second-order valence-electron chi connectivity index (χ2n) is 4.22. The van der Waals surface area contributed by atoms with E-state index >= 15 is 0 Å². The Balaban J connectivity index is 2.57. The Morgan fingerprint density at radius 3 is 2.80 bits per heavy atom. The number of carboxylic acids is 1. The van der Waals surface area contributed by atoms with E-state index in [1.807, 2.05) is 0 Å². The number of carboxylic acid groups (broad SMARTS) is 1. The molecular formula is C13H8BrN3O3. The predicted molar refractivity (Wildman–Crippen MR) is 78.0 cm³/mol. The topological polar surface area (TPSA) is 97.7 Å². The molecule has 3 rings (SSSR count). The highest BCUT2D eigenvalue weighted by Gasteiger charge is 2.14. The third-order valence-electron chi connectivity index (χ3n) is 3.06. The fraction of sp³-hybridized carbons (Fsp3) is 0. The van der Waals surface area contributed by atoms with Crippen LogP contribution in [0.15, 0.2) is 39.9 Å². The molecule has 0 aliphatic heterocycles. The third-order valence-corrected chi connectivity index (χ3v) is 3.75. The molecule has 3 aromatic rings. The SMILES string of the molecule is Nc1ccc(Br)c2ccn3c(=O)c(C(=O)O)cnc3c12. The van der Waals surface area contributed by atoms with Crippen molar-refractivity contribution in [1.29, 1.82) is 0 Å². The molecule has 7 heteroatoms. The summed E-state index contributed by atoms with van der Waals surface area (Å²) >= 11 is 3.41. The van der Waals surface area contributed by atoms with Crippen LogP contribution in [0.25, 0.3) is 16.4 Å². The zero-order valence-corrected chi connectivity index (χ0v) is 11.6. The molecule has 0 fully saturated rings. The lowest BCUT2D eigenvalue weighted by atomic mass is 10.1. The number of nitrogens with two attached hydrogens (primary N) is 1. The van der Waals surface area contributed by atoms with Gasteiger partial charge in [0.1, 0.15) is 11.2 Å². The van der Waals surface area contributed by atoms with E-state index in [0.717, 1.165) is 16.1 Å². The molecule has 0 aliphatic rings. The van der Waals surface area contributed by atoms with Crippen LogP contribution in [0.2, 0.25) is 0 Å². The summed E-state index contributed by atoms with van der Waals surface area (Å²) in [5.41, 5.74) is 5.73. The molecule has 0 bridgehead atoms. The minimum Gasteiger partial charge on any atom is -0.477 e. The van der Waals surface area contributed by atoms with Crippen molar-refractivity contribution in [3.8, 4) is 0 Å². The van der Waals surface area contributed by atoms with Crippen LogP contribution in [0.5, 0.6) is 0 Å². The predicted octanol–water partition coefficient (Wildman–Crippen LogP) is 1.89. The first kappa shape index (κ1) is 12.6. The summed E-state index contributed by atoms with van der Waals surface area (Å²) in [5.74, 6) is -1.31. The largest absolute Gasteiger partial charge is 0.477 e. The van der Waals surface area contributed by atoms with E-state index in [2.05, 4.69) is 20.9 Å². The maximum Gasteiger partial charge on any atom is 0.342 e. The molecular weight excluding hydrogens is 326 g/mol. The van der Waals surface area contributed by atoms with Crippen molar-refractivity contribution in [1.82, 2.24) is 9.38 Å². The summed E-state index contributed by atoms with van der Waals surface area (Å²) in [6.45, 7) is 0. The molecule has 0 aliphatic carbocycles. The number of nitrogen functional groups attached to an aromatic ring is 1. The monoisotopic (exact) mass is 333 g/mol. The van der Waals surface area contributed by atoms with Gasteiger partial charge < -0.3 is 10.8 Å². The van der Waals surface area contributed by atoms with E-state index in [9.17, 15) is 9.59 Å². The van der Waals surface area contributed by atoms with Crippen molar-refractivity contribution >= 4 is 44.0 Å². The van der Waals surface area contributed by atoms with Crippen LogP contribution in [-0.4, -0.2) is 20.5 Å². The number of hydrogen-bond acceptors (Lipinski definition) is 4. The summed E-state index contributed by atoms with van der Waals surface area (Å²) < 4.78 is 2.01. The van der Waals surface area contributed by atoms with Gasteiger partial charge in [-0.15, -0.1) is 0 Å². The summed E-state index contributed by atoms with van der Waals surface area (Å²) in [5, 5.41) is 10.4. The van der Waals surface area contributed by atoms with Crippen LogP contribution in [-0.2, 0) is 0 Å². The van der Waals surface area contributed by atoms with Gasteiger partial charge in [0.2, 0.25) is 0 Å². The van der Waals surface area contributed by atoms with Crippen LogP contribution in [0.4, 0.5) is 5.69 Å². The fourth-order valence-corrected chi connectivity index (χ4v) is 2.57. The Labute approximate surface area is 120 Å². The normalized spacial score (nSPS) is 11.1. The van der Waals surface area contributed by atoms with Crippen LogP contribution in [0.3, 0.4) is 0 Å². The highest BCUT2D eigenvalue weighted by Crippen LogP contribution is 2.30. The van der Waals surface area contributed by atoms with Crippen LogP contribution >= 0.6 is 15.9 Å². The molecule has 0 amide bonds. The van der Waals surface area contributed by atoms with E-state index in [-0.39, 0.29) is 5.56 Å². The molecule has 20 heavy (non-hydrogen) atoms. The van der Waals surface area contributed by atoms with Gasteiger partial charge in [0.15, 0.2) is 0 Å². The quantitative estimate of drug-likeness (QED) is 0.523. The summed E-state index contributed by atoms with van der Waals surface area (Å²) in [4.78, 5) is 27.1. The summed E-state index contributed by atoms with van der Waals surface area (Å²) in [7, 11) is 0. The fourth-order valence-electron chi connectivity index (χ4n) is 2.11. The average molecular weight is 334 g/mol. The first-order valence-electron chi connectivity index (χ1n) is 5.62. The van der Waals surface area contributed by atoms with Gasteiger partial charge in [0, 0.05) is 33.3 Å². The standard InChI is InChI=1S/C13H8BrN3O3/c14-8-1-2-9(15)10-6(8)3-4-17-11(10)16-5-7(12(17)18)13(19)20/h1-5H,15H2,(H,19,20). The van der Waals surface area contributed by atoms with Gasteiger partial charge in [-0.25, -0.2) is 9.78 Å². The number of benzene rings is 1. The maximum atomic E-state index is 12.1. The minimum atomic E-state index is -1.31. The van der Waals surface area contributed by atoms with Crippen LogP contribution < -0.4 is 11.3 Å². The van der Waals surface area contributed by atoms with Gasteiger partial charge in [-0.1, -0.05) is 15.9 Å². The number of aromatic nitrogens is 2. The van der Waals surface area contributed by atoms with Gasteiger partial charge in [-0.3, -0.25) is 9.20 Å². The Morgan fingerprint density at radius 1 is 1.35 bits per heavy atom. The summed E-state index contributed by atoms with van der Waals surface area (Å²) in [6.07, 6.45) is 2.55. The minimum absolute atomic E-state index is 0.330. The highest BCUT2D eigenvalue weighted by atomic mass is 79.9. The summed E-state index contributed by atoms with van der Waals surface area (Å²) in [6, 6.07) is 5.19. The first-order valence-corrected chi connectivity index (χ1v) is 6.41. The number of halogens is 1. The van der Waals surface area contributed by atoms with Crippen LogP contribution in [0, 0.1) is 0 Å². The number of hydrogen-bond donors (Lipinski definition) is 2. The van der Waals surface area contributed by atoms with Gasteiger partial charge in [-0.05, 0) is 18.2 Å². The molecule has 100 valence electrons. The molecule has 3 N–H and O–H groups in total. The molecule has 0 saturated carbocycles. The molecule has 0 unspecified atom stereocenters. The zero-order valence-electron chi connectivity index (χ0n) is 10.0. The number of anilines is 1. The average Bonchev–Trinajstić information content (AvgIpc) is 2.42. The van der Waals surface area contributed by atoms with E-state index in [1.54, 1.807) is 18.2 Å². The van der Waals surface area contributed by atoms with Gasteiger partial charge in [0.05, 0.1) is 0 Å². The van der Waals surface area contributed by atoms with Gasteiger partial charge in [-0.2, -0.15) is 0 Å². The number of nitrogens with zero attached hydrogens (tertiary/aromatic N) is 2. The van der Waals surface area contributed by atoms with E-state index < -0.39 is 11.5 Å². The number of carbonyl (C=O) groups is 1. The van der Waals surface area contributed by atoms with E-state index in [1.165, 1.54) is 10.6 Å². The van der Waals surface area contributed by atoms with Crippen molar-refractivity contribution < 1.29 is 9.90 Å². The molecule has 2 heterocycles. The first-order chi connectivity index (χ1) is 9.50. The van der Waals surface area contributed by atoms with E-state index in [4.69, 9.17) is 10.8 Å². The number of pyridine rings is 1. The molecule has 0 spiro atoms. The molecule has 1 aromatic carbocycles. The van der Waals surface area contributed by atoms with Crippen molar-refractivity contribution in [3.63, 3.8) is 0 Å². The third kappa shape index (κ3) is 1.67. The Bertz CT molecular complexity index is 933. The lowest BCUT2D eigenvalue weighted by Crippen LogP contribution is -2.22. The smallest absolute Gasteiger partial charge is 0.342 e. The maximum absolute atomic E-state index is 12.1. The van der Waals surface area contributed by atoms with Gasteiger partial charge in [0.25, 0.3) is 5.56 Å². The van der Waals surface area contributed by atoms with Crippen LogP contribution in [0.1, 0.15) is 10.4 Å². The van der Waals surface area contributed by atoms with Crippen molar-refractivity contribution in [2.75, 3.05) is 5.73 Å². The second kappa shape index (κ2) is 4.31. The molecule has 0 saturated heterocycles. The Morgan fingerprint density at radius 2 is 2.10 bits per heavy atom. The highest BCUT2D eigenvalue weighted by molar-refractivity contribution is 9.10. The molecule has 0 radical (unpaired) electrons. The number of aromatic carboxylic acids is 1.